The SMILES string of the molecule is CN(C=O)C(C(=O)O)c1cccc(C2CC2)c1. The minimum atomic E-state index is -1.01. The maximum atomic E-state index is 11.2. The summed E-state index contributed by atoms with van der Waals surface area (Å²) in [6, 6.07) is 6.63. The van der Waals surface area contributed by atoms with Crippen LogP contribution in [0.3, 0.4) is 0 Å². The Bertz CT molecular complexity index is 440. The van der Waals surface area contributed by atoms with Crippen LogP contribution in [0.1, 0.15) is 35.9 Å². The second-order valence-corrected chi connectivity index (χ2v) is 4.46. The van der Waals surface area contributed by atoms with Crippen LogP contribution in [0, 0.1) is 0 Å². The summed E-state index contributed by atoms with van der Waals surface area (Å²) in [5.41, 5.74) is 1.84. The Morgan fingerprint density at radius 3 is 2.76 bits per heavy atom. The van der Waals surface area contributed by atoms with Crippen molar-refractivity contribution in [2.24, 2.45) is 0 Å². The predicted octanol–water partition coefficient (Wildman–Crippen LogP) is 1.78. The Morgan fingerprint density at radius 1 is 1.53 bits per heavy atom. The van der Waals surface area contributed by atoms with Gasteiger partial charge < -0.3 is 10.0 Å². The van der Waals surface area contributed by atoms with Gasteiger partial charge in [0.2, 0.25) is 6.41 Å². The summed E-state index contributed by atoms with van der Waals surface area (Å²) in [5.74, 6) is -0.432. The Kier molecular flexibility index (Phi) is 3.13. The summed E-state index contributed by atoms with van der Waals surface area (Å²) in [6.45, 7) is 0. The van der Waals surface area contributed by atoms with Crippen LogP contribution < -0.4 is 0 Å². The first kappa shape index (κ1) is 11.6. The number of carboxylic acid groups (broad SMARTS) is 1. The fourth-order valence-electron chi connectivity index (χ4n) is 2.01. The Morgan fingerprint density at radius 2 is 2.24 bits per heavy atom. The summed E-state index contributed by atoms with van der Waals surface area (Å²) >= 11 is 0. The van der Waals surface area contributed by atoms with Crippen molar-refractivity contribution in [3.8, 4) is 0 Å². The molecule has 2 rings (SSSR count). The van der Waals surface area contributed by atoms with E-state index in [1.165, 1.54) is 30.4 Å². The van der Waals surface area contributed by atoms with Gasteiger partial charge in [0.05, 0.1) is 0 Å². The van der Waals surface area contributed by atoms with Crippen LogP contribution in [0.5, 0.6) is 0 Å². The van der Waals surface area contributed by atoms with Crippen LogP contribution in [-0.2, 0) is 9.59 Å². The molecule has 0 saturated heterocycles. The highest BCUT2D eigenvalue weighted by molar-refractivity contribution is 5.78. The van der Waals surface area contributed by atoms with Gasteiger partial charge in [-0.3, -0.25) is 4.79 Å². The van der Waals surface area contributed by atoms with Crippen LogP contribution in [0.2, 0.25) is 0 Å². The lowest BCUT2D eigenvalue weighted by Crippen LogP contribution is -2.29. The van der Waals surface area contributed by atoms with Crippen LogP contribution in [0.25, 0.3) is 0 Å². The first-order valence-electron chi connectivity index (χ1n) is 5.63. The van der Waals surface area contributed by atoms with Gasteiger partial charge in [-0.1, -0.05) is 24.3 Å². The van der Waals surface area contributed by atoms with Gasteiger partial charge in [-0.25, -0.2) is 4.79 Å². The number of benzene rings is 1. The highest BCUT2D eigenvalue weighted by Gasteiger charge is 2.27. The molecule has 0 aliphatic heterocycles. The van der Waals surface area contributed by atoms with E-state index in [4.69, 9.17) is 0 Å². The molecule has 0 aromatic heterocycles. The van der Waals surface area contributed by atoms with Crippen molar-refractivity contribution in [2.45, 2.75) is 24.8 Å². The predicted molar refractivity (Wildman–Crippen MR) is 62.6 cm³/mol. The number of hydrogen-bond donors (Lipinski definition) is 1. The number of likely N-dealkylation sites (N-methyl/N-ethyl adjacent to an activating group) is 1. The molecule has 1 saturated carbocycles. The summed E-state index contributed by atoms with van der Waals surface area (Å²) in [5, 5.41) is 9.17. The number of carboxylic acids is 1. The van der Waals surface area contributed by atoms with Crippen molar-refractivity contribution >= 4 is 12.4 Å². The molecule has 1 fully saturated rings. The number of rotatable bonds is 5. The lowest BCUT2D eigenvalue weighted by molar-refractivity contribution is -0.145. The number of aliphatic carboxylic acids is 1. The van der Waals surface area contributed by atoms with Crippen LogP contribution in [0.15, 0.2) is 24.3 Å². The average molecular weight is 233 g/mol. The van der Waals surface area contributed by atoms with Crippen LogP contribution >= 0.6 is 0 Å². The molecule has 0 bridgehead atoms. The maximum absolute atomic E-state index is 11.2. The molecule has 1 aromatic carbocycles. The molecule has 0 heterocycles. The average Bonchev–Trinajstić information content (AvgIpc) is 3.13. The number of nitrogens with zero attached hydrogens (tertiary/aromatic N) is 1. The maximum Gasteiger partial charge on any atom is 0.331 e. The van der Waals surface area contributed by atoms with Crippen molar-refractivity contribution in [1.29, 1.82) is 0 Å². The van der Waals surface area contributed by atoms with Crippen molar-refractivity contribution in [1.82, 2.24) is 4.90 Å². The summed E-state index contributed by atoms with van der Waals surface area (Å²) in [4.78, 5) is 23.1. The van der Waals surface area contributed by atoms with Gasteiger partial charge in [0.15, 0.2) is 6.04 Å². The highest BCUT2D eigenvalue weighted by atomic mass is 16.4. The second-order valence-electron chi connectivity index (χ2n) is 4.46. The molecule has 0 radical (unpaired) electrons. The fourth-order valence-corrected chi connectivity index (χ4v) is 2.01. The molecular weight excluding hydrogens is 218 g/mol. The zero-order chi connectivity index (χ0) is 12.4. The molecule has 1 aliphatic rings. The Balaban J connectivity index is 2.31. The Labute approximate surface area is 99.9 Å². The van der Waals surface area contributed by atoms with E-state index in [-0.39, 0.29) is 0 Å². The fraction of sp³-hybridized carbons (Fsp3) is 0.385. The molecule has 1 atom stereocenters. The minimum absolute atomic E-state index is 0.544. The molecule has 90 valence electrons. The van der Waals surface area contributed by atoms with E-state index in [1.807, 2.05) is 18.2 Å². The third-order valence-electron chi connectivity index (χ3n) is 3.08. The third kappa shape index (κ3) is 2.46. The van der Waals surface area contributed by atoms with Gasteiger partial charge in [0.1, 0.15) is 0 Å². The molecular formula is C13H15NO3. The van der Waals surface area contributed by atoms with E-state index in [0.29, 0.717) is 17.9 Å². The van der Waals surface area contributed by atoms with E-state index in [1.54, 1.807) is 6.07 Å². The second kappa shape index (κ2) is 4.57. The molecule has 1 aliphatic carbocycles. The zero-order valence-corrected chi connectivity index (χ0v) is 9.67. The van der Waals surface area contributed by atoms with Gasteiger partial charge in [0, 0.05) is 7.05 Å². The summed E-state index contributed by atoms with van der Waals surface area (Å²) in [7, 11) is 1.48. The van der Waals surface area contributed by atoms with Gasteiger partial charge in [-0.2, -0.15) is 0 Å². The van der Waals surface area contributed by atoms with Gasteiger partial charge in [-0.05, 0) is 29.9 Å². The molecule has 1 unspecified atom stereocenters. The van der Waals surface area contributed by atoms with Gasteiger partial charge in [0.25, 0.3) is 0 Å². The van der Waals surface area contributed by atoms with Gasteiger partial charge >= 0.3 is 5.97 Å². The van der Waals surface area contributed by atoms with E-state index < -0.39 is 12.0 Å². The van der Waals surface area contributed by atoms with Crippen LogP contribution in [-0.4, -0.2) is 29.4 Å². The van der Waals surface area contributed by atoms with Gasteiger partial charge in [-0.15, -0.1) is 0 Å². The lowest BCUT2D eigenvalue weighted by atomic mass is 10.0. The molecule has 1 N–H and O–H groups in total. The zero-order valence-electron chi connectivity index (χ0n) is 9.67. The first-order chi connectivity index (χ1) is 8.13. The molecule has 0 spiro atoms. The lowest BCUT2D eigenvalue weighted by Gasteiger charge is -2.21. The first-order valence-corrected chi connectivity index (χ1v) is 5.63. The van der Waals surface area contributed by atoms with E-state index in [0.717, 1.165) is 0 Å². The van der Waals surface area contributed by atoms with E-state index >= 15 is 0 Å². The standard InChI is InChI=1S/C13H15NO3/c1-14(8-15)12(13(16)17)11-4-2-3-10(7-11)9-5-6-9/h2-4,7-9,12H,5-6H2,1H3,(H,16,17). The quantitative estimate of drug-likeness (QED) is 0.789. The topological polar surface area (TPSA) is 57.6 Å². The number of carbonyl (C=O) groups is 2. The molecule has 4 nitrogen and oxygen atoms in total. The van der Waals surface area contributed by atoms with Crippen LogP contribution in [0.4, 0.5) is 0 Å². The number of hydrogen-bond acceptors (Lipinski definition) is 2. The monoisotopic (exact) mass is 233 g/mol. The normalized spacial score (nSPS) is 16.3. The summed E-state index contributed by atoms with van der Waals surface area (Å²) < 4.78 is 0. The van der Waals surface area contributed by atoms with E-state index in [9.17, 15) is 14.7 Å². The summed E-state index contributed by atoms with van der Waals surface area (Å²) in [6.07, 6.45) is 2.89. The smallest absolute Gasteiger partial charge is 0.331 e. The molecule has 17 heavy (non-hydrogen) atoms. The van der Waals surface area contributed by atoms with Crippen molar-refractivity contribution in [3.63, 3.8) is 0 Å². The third-order valence-corrected chi connectivity index (χ3v) is 3.08. The minimum Gasteiger partial charge on any atom is -0.479 e. The largest absolute Gasteiger partial charge is 0.479 e. The Hall–Kier alpha value is -1.84. The van der Waals surface area contributed by atoms with Crippen molar-refractivity contribution < 1.29 is 14.7 Å². The number of carbonyl (C=O) groups excluding carboxylic acids is 1. The highest BCUT2D eigenvalue weighted by Crippen LogP contribution is 2.40. The number of amides is 1. The van der Waals surface area contributed by atoms with E-state index in [2.05, 4.69) is 0 Å². The molecule has 4 heteroatoms. The van der Waals surface area contributed by atoms with Crippen molar-refractivity contribution in [2.75, 3.05) is 7.05 Å². The molecule has 1 amide bonds. The molecule has 1 aromatic rings. The van der Waals surface area contributed by atoms with Crippen molar-refractivity contribution in [3.05, 3.63) is 35.4 Å².